The van der Waals surface area contributed by atoms with Crippen LogP contribution in [0, 0.1) is 27.7 Å². The Labute approximate surface area is 337 Å². The minimum Gasteiger partial charge on any atom is -0.507 e. The predicted molar refractivity (Wildman–Crippen MR) is 217 cm³/mol. The highest BCUT2D eigenvalue weighted by Gasteiger charge is 2.36. The van der Waals surface area contributed by atoms with Crippen molar-refractivity contribution in [1.82, 2.24) is 0 Å². The van der Waals surface area contributed by atoms with Crippen molar-refractivity contribution in [3.05, 3.63) is 105 Å². The fourth-order valence-corrected chi connectivity index (χ4v) is 11.6. The van der Waals surface area contributed by atoms with Gasteiger partial charge in [0, 0.05) is 51.0 Å². The van der Waals surface area contributed by atoms with Crippen molar-refractivity contribution >= 4 is 127 Å². The third-order valence-corrected chi connectivity index (χ3v) is 14.7. The molecule has 0 aliphatic carbocycles. The van der Waals surface area contributed by atoms with Gasteiger partial charge in [0.1, 0.15) is 23.0 Å². The van der Waals surface area contributed by atoms with Gasteiger partial charge in [0.15, 0.2) is 0 Å². The van der Waals surface area contributed by atoms with E-state index in [1.165, 1.54) is 0 Å². The molecule has 0 radical (unpaired) electrons. The van der Waals surface area contributed by atoms with Gasteiger partial charge in [-0.1, -0.05) is 91.4 Å². The Kier molecular flexibility index (Phi) is 13.2. The first-order valence-electron chi connectivity index (χ1n) is 13.7. The average Bonchev–Trinajstić information content (AvgIpc) is 2.98. The number of hydrogen-bond acceptors (Lipinski definition) is 4. The van der Waals surface area contributed by atoms with Crippen LogP contribution in [0.15, 0.2) is 60.0 Å². The lowest BCUT2D eigenvalue weighted by Crippen LogP contribution is -2.23. The van der Waals surface area contributed by atoms with Gasteiger partial charge in [-0.2, -0.15) is 0 Å². The van der Waals surface area contributed by atoms with Gasteiger partial charge in [-0.15, -0.1) is 0 Å². The maximum Gasteiger partial charge on any atom is 0.143 e. The fourth-order valence-electron chi connectivity index (χ4n) is 5.16. The van der Waals surface area contributed by atoms with Crippen LogP contribution in [0.1, 0.15) is 72.2 Å². The van der Waals surface area contributed by atoms with Crippen molar-refractivity contribution in [3.63, 3.8) is 0 Å². The molecule has 0 atom stereocenters. The van der Waals surface area contributed by atoms with E-state index >= 15 is 0 Å². The Morgan fingerprint density at radius 3 is 0.826 bits per heavy atom. The molecule has 0 aliphatic rings. The second-order valence-electron chi connectivity index (χ2n) is 12.0. The number of benzene rings is 4. The van der Waals surface area contributed by atoms with Crippen molar-refractivity contribution in [2.24, 2.45) is 0 Å². The molecule has 0 spiro atoms. The zero-order valence-electron chi connectivity index (χ0n) is 26.1. The lowest BCUT2D eigenvalue weighted by molar-refractivity contribution is 0.462. The molecule has 248 valence electrons. The fraction of sp³-hybridized carbons (Fsp3) is 0.294. The van der Waals surface area contributed by atoms with Crippen LogP contribution in [0.5, 0.6) is 23.0 Å². The van der Waals surface area contributed by atoms with E-state index in [-0.39, 0.29) is 28.4 Å². The van der Waals surface area contributed by atoms with Crippen molar-refractivity contribution in [2.75, 3.05) is 0 Å². The molecule has 4 rings (SSSR count). The van der Waals surface area contributed by atoms with Crippen molar-refractivity contribution in [3.8, 4) is 23.0 Å². The van der Waals surface area contributed by atoms with Crippen LogP contribution >= 0.6 is 127 Å². The smallest absolute Gasteiger partial charge is 0.143 e. The van der Waals surface area contributed by atoms with Crippen molar-refractivity contribution in [1.29, 1.82) is 0 Å². The summed E-state index contributed by atoms with van der Waals surface area (Å²) in [7, 11) is 0. The lowest BCUT2D eigenvalue weighted by Gasteiger charge is -2.33. The van der Waals surface area contributed by atoms with Crippen LogP contribution in [-0.4, -0.2) is 20.4 Å². The Bertz CT molecular complexity index is 1630. The number of aromatic hydroxyl groups is 4. The monoisotopic (exact) mass is 1140 g/mol. The molecular formula is C34H32Br8O4. The lowest BCUT2D eigenvalue weighted by atomic mass is 9.76. The number of hydrogen-bond donors (Lipinski definition) is 4. The molecular weight excluding hydrogens is 1110 g/mol. The minimum atomic E-state index is -0.415. The highest BCUT2D eigenvalue weighted by Crippen LogP contribution is 2.52. The Hall–Kier alpha value is -0.0800. The molecule has 12 heteroatoms. The van der Waals surface area contributed by atoms with E-state index < -0.39 is 5.41 Å². The van der Waals surface area contributed by atoms with E-state index in [0.717, 1.165) is 62.4 Å². The molecule has 0 amide bonds. The van der Waals surface area contributed by atoms with Crippen molar-refractivity contribution < 1.29 is 20.4 Å². The molecule has 0 fully saturated rings. The first-order chi connectivity index (χ1) is 21.0. The van der Waals surface area contributed by atoms with Crippen LogP contribution in [0.25, 0.3) is 0 Å². The molecule has 0 heterocycles. The normalized spacial score (nSPS) is 11.8. The molecule has 0 saturated heterocycles. The summed E-state index contributed by atoms with van der Waals surface area (Å²) in [5.74, 6) is 0.939. The van der Waals surface area contributed by atoms with Crippen molar-refractivity contribution in [2.45, 2.75) is 66.2 Å². The summed E-state index contributed by atoms with van der Waals surface area (Å²) >= 11 is 28.2. The highest BCUT2D eigenvalue weighted by molar-refractivity contribution is 9.12. The van der Waals surface area contributed by atoms with E-state index in [1.807, 2.05) is 52.0 Å². The van der Waals surface area contributed by atoms with E-state index in [4.69, 9.17) is 0 Å². The van der Waals surface area contributed by atoms with Gasteiger partial charge in [0.2, 0.25) is 0 Å². The zero-order valence-corrected chi connectivity index (χ0v) is 38.8. The van der Waals surface area contributed by atoms with Crippen LogP contribution in [0.2, 0.25) is 0 Å². The number of halogens is 8. The zero-order chi connectivity index (χ0) is 35.4. The number of phenolic OH excluding ortho intramolecular Hbond substituents is 4. The third kappa shape index (κ3) is 7.49. The Morgan fingerprint density at radius 2 is 0.609 bits per heavy atom. The van der Waals surface area contributed by atoms with Gasteiger partial charge >= 0.3 is 0 Å². The molecule has 0 unspecified atom stereocenters. The van der Waals surface area contributed by atoms with Gasteiger partial charge in [-0.05, 0) is 138 Å². The maximum absolute atomic E-state index is 10.4. The standard InChI is InChI=1S/C19H20Br4O2.C15H12Br4O2/c1-7-13(20)11(14(21)8(2)17(7)24)19(5,6)12-15(22)9(3)18(25)10(4)16(12)23;1-15(2,7-3-9(16)13(20)10(17)4-7)8-5-11(18)14(21)12(19)6-8/h24-25H,1-6H3;3-6,20-21H,1-2H3. The van der Waals surface area contributed by atoms with E-state index in [2.05, 4.69) is 155 Å². The summed E-state index contributed by atoms with van der Waals surface area (Å²) in [6.07, 6.45) is 0. The van der Waals surface area contributed by atoms with E-state index in [1.54, 1.807) is 0 Å². The predicted octanol–water partition coefficient (Wildman–Crippen LogP) is 14.2. The van der Waals surface area contributed by atoms with E-state index in [0.29, 0.717) is 17.9 Å². The van der Waals surface area contributed by atoms with Gasteiger partial charge in [-0.25, -0.2) is 0 Å². The molecule has 4 nitrogen and oxygen atoms in total. The Morgan fingerprint density at radius 1 is 0.391 bits per heavy atom. The minimum absolute atomic E-state index is 0.183. The van der Waals surface area contributed by atoms with Crippen LogP contribution in [0.4, 0.5) is 0 Å². The molecule has 4 aromatic rings. The van der Waals surface area contributed by atoms with Crippen LogP contribution in [-0.2, 0) is 10.8 Å². The van der Waals surface area contributed by atoms with Gasteiger partial charge in [0.25, 0.3) is 0 Å². The maximum atomic E-state index is 10.4. The summed E-state index contributed by atoms with van der Waals surface area (Å²) in [6, 6.07) is 7.59. The summed E-state index contributed by atoms with van der Waals surface area (Å²) in [6.45, 7) is 16.0. The van der Waals surface area contributed by atoms with Gasteiger partial charge < -0.3 is 20.4 Å². The molecule has 46 heavy (non-hydrogen) atoms. The molecule has 0 saturated carbocycles. The Balaban J connectivity index is 0.000000254. The van der Waals surface area contributed by atoms with Gasteiger partial charge in [-0.3, -0.25) is 0 Å². The largest absolute Gasteiger partial charge is 0.507 e. The quantitative estimate of drug-likeness (QED) is 0.164. The first kappa shape index (κ1) is 40.4. The number of phenols is 4. The SMILES string of the molecule is CC(C)(c1cc(Br)c(O)c(Br)c1)c1cc(Br)c(O)c(Br)c1.Cc1c(O)c(C)c(Br)c(C(C)(C)c2c(Br)c(C)c(O)c(C)c2Br)c1Br. The van der Waals surface area contributed by atoms with Crippen LogP contribution in [0.3, 0.4) is 0 Å². The second-order valence-corrected chi connectivity index (χ2v) is 18.6. The topological polar surface area (TPSA) is 80.9 Å². The summed E-state index contributed by atoms with van der Waals surface area (Å²) in [5.41, 5.74) is 6.67. The molecule has 0 aliphatic heterocycles. The van der Waals surface area contributed by atoms with Gasteiger partial charge in [0.05, 0.1) is 17.9 Å². The summed E-state index contributed by atoms with van der Waals surface area (Å²) in [5, 5.41) is 40.4. The average molecular weight is 1140 g/mol. The molecule has 0 aromatic heterocycles. The third-order valence-electron chi connectivity index (χ3n) is 8.34. The number of rotatable bonds is 4. The molecule has 4 aromatic carbocycles. The second kappa shape index (κ2) is 15.0. The highest BCUT2D eigenvalue weighted by atomic mass is 79.9. The van der Waals surface area contributed by atoms with E-state index in [9.17, 15) is 20.4 Å². The summed E-state index contributed by atoms with van der Waals surface area (Å²) < 4.78 is 6.02. The summed E-state index contributed by atoms with van der Waals surface area (Å²) in [4.78, 5) is 0. The van der Waals surface area contributed by atoms with Crippen LogP contribution < -0.4 is 0 Å². The first-order valence-corrected chi connectivity index (χ1v) is 20.1. The molecule has 0 bridgehead atoms. The molecule has 4 N–H and O–H groups in total.